The van der Waals surface area contributed by atoms with Gasteiger partial charge in [-0.1, -0.05) is 30.3 Å². The predicted octanol–water partition coefficient (Wildman–Crippen LogP) is 4.29. The minimum Gasteiger partial charge on any atom is -0.396 e. The van der Waals surface area contributed by atoms with Gasteiger partial charge in [-0.3, -0.25) is 0 Å². The van der Waals surface area contributed by atoms with Crippen molar-refractivity contribution in [1.29, 1.82) is 5.26 Å². The Hall–Kier alpha value is -3.29. The summed E-state index contributed by atoms with van der Waals surface area (Å²) in [7, 11) is -2.90. The molecule has 1 amide bonds. The van der Waals surface area contributed by atoms with E-state index in [4.69, 9.17) is 4.74 Å². The van der Waals surface area contributed by atoms with E-state index < -0.39 is 16.6 Å². The van der Waals surface area contributed by atoms with Gasteiger partial charge in [0.1, 0.15) is 0 Å². The van der Waals surface area contributed by atoms with Gasteiger partial charge in [0.05, 0.1) is 18.0 Å². The Kier molecular flexibility index (Phi) is 6.76. The number of rotatable bonds is 6. The molecule has 2 heterocycles. The third-order valence-corrected chi connectivity index (χ3v) is 5.44. The van der Waals surface area contributed by atoms with Gasteiger partial charge in [0.25, 0.3) is 0 Å². The molecule has 2 aromatic heterocycles. The Balaban J connectivity index is 2.02. The van der Waals surface area contributed by atoms with Crippen LogP contribution in [0.15, 0.2) is 47.3 Å². The van der Waals surface area contributed by atoms with Gasteiger partial charge in [0, 0.05) is 34.9 Å². The van der Waals surface area contributed by atoms with E-state index in [9.17, 15) is 18.5 Å². The highest BCUT2D eigenvalue weighted by Gasteiger charge is 2.19. The first kappa shape index (κ1) is 21.4. The third kappa shape index (κ3) is 5.40. The molecule has 10 heteroatoms. The normalized spacial score (nSPS) is 10.6. The van der Waals surface area contributed by atoms with E-state index in [1.807, 2.05) is 22.9 Å². The molecular weight excluding hydrogens is 424 g/mol. The van der Waals surface area contributed by atoms with Crippen LogP contribution in [0.3, 0.4) is 0 Å². The van der Waals surface area contributed by atoms with Crippen LogP contribution in [0, 0.1) is 17.2 Å². The lowest BCUT2D eigenvalue weighted by Gasteiger charge is -2.08. The quantitative estimate of drug-likeness (QED) is 0.562. The van der Waals surface area contributed by atoms with E-state index in [-0.39, 0.29) is 5.06 Å². The van der Waals surface area contributed by atoms with Crippen LogP contribution in [0.5, 0.6) is 5.06 Å². The minimum absolute atomic E-state index is 0.212. The fourth-order valence-corrected chi connectivity index (χ4v) is 4.34. The lowest BCUT2D eigenvalue weighted by Crippen LogP contribution is -2.01. The fourth-order valence-electron chi connectivity index (χ4n) is 2.96. The predicted molar refractivity (Wildman–Crippen MR) is 112 cm³/mol. The largest absolute Gasteiger partial charge is 0.455 e. The van der Waals surface area contributed by atoms with Gasteiger partial charge in [0.2, 0.25) is 0 Å². The average Bonchev–Trinajstić information content (AvgIpc) is 3.30. The number of nitriles is 1. The molecule has 3 rings (SSSR count). The molecular formula is C20H18N4O4S2. The highest BCUT2D eigenvalue weighted by Crippen LogP contribution is 2.41. The van der Waals surface area contributed by atoms with E-state index in [1.165, 1.54) is 11.3 Å². The number of ether oxygens (including phenoxy) is 1. The lowest BCUT2D eigenvalue weighted by atomic mass is 9.99. The zero-order valence-electron chi connectivity index (χ0n) is 16.3. The number of amides is 1. The van der Waals surface area contributed by atoms with Crippen LogP contribution >= 0.6 is 11.3 Å². The standard InChI is InChI=1S/C20H18N4O4S2/c1-13(2)7-16-9-18(19(29-16)28-20(25)23-30(26)27)17-4-3-14(8-15(17)10-21)11-24-6-5-22-12-24/h3-6,8-9,12-13H,7,11H2,1-2H3. The number of aromatic nitrogens is 2. The summed E-state index contributed by atoms with van der Waals surface area (Å²) in [5.41, 5.74) is 2.50. The van der Waals surface area contributed by atoms with Gasteiger partial charge >= 0.3 is 16.6 Å². The Morgan fingerprint density at radius 3 is 2.77 bits per heavy atom. The van der Waals surface area contributed by atoms with Gasteiger partial charge in [-0.2, -0.15) is 13.7 Å². The number of carbonyl (C=O) groups is 1. The summed E-state index contributed by atoms with van der Waals surface area (Å²) in [6.07, 6.45) is 4.73. The summed E-state index contributed by atoms with van der Waals surface area (Å²) in [5.74, 6) is 0.367. The molecule has 0 unspecified atom stereocenters. The van der Waals surface area contributed by atoms with Crippen molar-refractivity contribution in [2.24, 2.45) is 10.3 Å². The molecule has 8 nitrogen and oxygen atoms in total. The summed E-state index contributed by atoms with van der Waals surface area (Å²) < 4.78 is 31.3. The van der Waals surface area contributed by atoms with Gasteiger partial charge in [-0.15, -0.1) is 11.3 Å². The van der Waals surface area contributed by atoms with Crippen LogP contribution in [0.4, 0.5) is 4.79 Å². The Morgan fingerprint density at radius 2 is 2.13 bits per heavy atom. The highest BCUT2D eigenvalue weighted by atomic mass is 32.2. The number of hydrogen-bond acceptors (Lipinski definition) is 7. The van der Waals surface area contributed by atoms with Gasteiger partial charge < -0.3 is 9.30 Å². The van der Waals surface area contributed by atoms with Crippen molar-refractivity contribution in [3.63, 3.8) is 0 Å². The molecule has 0 aliphatic carbocycles. The van der Waals surface area contributed by atoms with Gasteiger partial charge in [-0.05, 0) is 30.0 Å². The van der Waals surface area contributed by atoms with Crippen molar-refractivity contribution in [2.75, 3.05) is 0 Å². The highest BCUT2D eigenvalue weighted by molar-refractivity contribution is 7.62. The molecule has 0 atom stereocenters. The maximum Gasteiger partial charge on any atom is 0.455 e. The molecule has 0 bridgehead atoms. The molecule has 0 radical (unpaired) electrons. The Morgan fingerprint density at radius 1 is 1.33 bits per heavy atom. The molecule has 0 fully saturated rings. The Bertz CT molecular complexity index is 1230. The molecule has 0 spiro atoms. The summed E-state index contributed by atoms with van der Waals surface area (Å²) >= 11 is 1.24. The lowest BCUT2D eigenvalue weighted by molar-refractivity contribution is 0.213. The molecule has 3 aromatic rings. The van der Waals surface area contributed by atoms with Crippen LogP contribution in [0.2, 0.25) is 0 Å². The van der Waals surface area contributed by atoms with E-state index in [0.29, 0.717) is 29.2 Å². The number of benzene rings is 1. The second-order valence-corrected chi connectivity index (χ2v) is 8.63. The van der Waals surface area contributed by atoms with Crippen molar-refractivity contribution in [1.82, 2.24) is 9.55 Å². The molecule has 30 heavy (non-hydrogen) atoms. The van der Waals surface area contributed by atoms with Crippen molar-refractivity contribution >= 4 is 27.9 Å². The summed E-state index contributed by atoms with van der Waals surface area (Å²) in [6.45, 7) is 4.69. The zero-order chi connectivity index (χ0) is 21.7. The molecule has 1 aromatic carbocycles. The first-order valence-electron chi connectivity index (χ1n) is 9.00. The molecule has 0 saturated carbocycles. The van der Waals surface area contributed by atoms with E-state index in [0.717, 1.165) is 16.9 Å². The number of thiophene rings is 1. The minimum atomic E-state index is -2.90. The summed E-state index contributed by atoms with van der Waals surface area (Å²) in [6, 6.07) is 9.52. The van der Waals surface area contributed by atoms with E-state index >= 15 is 0 Å². The first-order chi connectivity index (χ1) is 14.4. The fraction of sp³-hybridized carbons (Fsp3) is 0.250. The molecule has 0 aliphatic heterocycles. The van der Waals surface area contributed by atoms with Gasteiger partial charge in [0.15, 0.2) is 5.06 Å². The van der Waals surface area contributed by atoms with Crippen LogP contribution in [0.25, 0.3) is 11.1 Å². The Labute approximate surface area is 179 Å². The first-order valence-corrected chi connectivity index (χ1v) is 10.8. The van der Waals surface area contributed by atoms with Crippen molar-refractivity contribution in [3.05, 3.63) is 59.0 Å². The van der Waals surface area contributed by atoms with Crippen molar-refractivity contribution < 1.29 is 17.9 Å². The smallest absolute Gasteiger partial charge is 0.396 e. The van der Waals surface area contributed by atoms with E-state index in [1.54, 1.807) is 24.7 Å². The molecule has 0 saturated heterocycles. The number of imidazole rings is 1. The molecule has 154 valence electrons. The maximum atomic E-state index is 11.8. The van der Waals surface area contributed by atoms with Crippen LogP contribution in [0.1, 0.15) is 29.9 Å². The summed E-state index contributed by atoms with van der Waals surface area (Å²) in [4.78, 5) is 16.7. The van der Waals surface area contributed by atoms with Gasteiger partial charge in [-0.25, -0.2) is 9.78 Å². The SMILES string of the molecule is CC(C)Cc1cc(-c2ccc(Cn3ccnc3)cc2C#N)c(OC(=O)N=S(=O)=O)s1. The number of hydrogen-bond donors (Lipinski definition) is 0. The summed E-state index contributed by atoms with van der Waals surface area (Å²) in [5, 5.41) is 9.91. The topological polar surface area (TPSA) is 114 Å². The van der Waals surface area contributed by atoms with Crippen molar-refractivity contribution in [3.8, 4) is 22.3 Å². The van der Waals surface area contributed by atoms with Crippen molar-refractivity contribution in [2.45, 2.75) is 26.8 Å². The molecule has 0 N–H and O–H groups in total. The van der Waals surface area contributed by atoms with Crippen LogP contribution < -0.4 is 4.74 Å². The monoisotopic (exact) mass is 442 g/mol. The number of nitrogens with zero attached hydrogens (tertiary/aromatic N) is 4. The molecule has 0 aliphatic rings. The van der Waals surface area contributed by atoms with Crippen LogP contribution in [-0.2, 0) is 23.5 Å². The van der Waals surface area contributed by atoms with Crippen LogP contribution in [-0.4, -0.2) is 24.1 Å². The van der Waals surface area contributed by atoms with E-state index in [2.05, 4.69) is 29.3 Å². The zero-order valence-corrected chi connectivity index (χ0v) is 17.9. The second kappa shape index (κ2) is 9.47. The average molecular weight is 443 g/mol. The third-order valence-electron chi connectivity index (χ3n) is 4.11. The number of carbonyl (C=O) groups excluding carboxylic acids is 1. The maximum absolute atomic E-state index is 11.8. The second-order valence-electron chi connectivity index (χ2n) is 6.91.